The molecule has 0 saturated carbocycles. The second kappa shape index (κ2) is 4.94. The van der Waals surface area contributed by atoms with E-state index in [1.54, 1.807) is 0 Å². The lowest BCUT2D eigenvalue weighted by Crippen LogP contribution is -2.30. The standard InChI is InChI=1S/C9H12F2N2O3S/c1-5(14)4-13-17(15,16)6-2-7(10)9(11)8(12)3-6/h2-3,5,13-14H,4,12H2,1H3/t5-/m0/s1. The van der Waals surface area contributed by atoms with Gasteiger partial charge in [0, 0.05) is 6.54 Å². The van der Waals surface area contributed by atoms with Crippen LogP contribution in [0.2, 0.25) is 0 Å². The molecule has 0 aliphatic rings. The van der Waals surface area contributed by atoms with Crippen molar-refractivity contribution < 1.29 is 22.3 Å². The van der Waals surface area contributed by atoms with Gasteiger partial charge in [-0.05, 0) is 19.1 Å². The number of nitrogen functional groups attached to an aromatic ring is 1. The Kier molecular flexibility index (Phi) is 4.02. The first-order chi connectivity index (χ1) is 7.74. The number of halogens is 2. The van der Waals surface area contributed by atoms with Gasteiger partial charge in [0.05, 0.1) is 16.7 Å². The molecule has 1 aromatic carbocycles. The molecule has 0 aromatic heterocycles. The molecule has 0 fully saturated rings. The number of nitrogens with one attached hydrogen (secondary N) is 1. The molecule has 4 N–H and O–H groups in total. The number of benzene rings is 1. The van der Waals surface area contributed by atoms with Gasteiger partial charge in [-0.15, -0.1) is 0 Å². The fraction of sp³-hybridized carbons (Fsp3) is 0.333. The summed E-state index contributed by atoms with van der Waals surface area (Å²) in [4.78, 5) is -0.491. The van der Waals surface area contributed by atoms with Gasteiger partial charge in [-0.2, -0.15) is 0 Å². The number of anilines is 1. The number of sulfonamides is 1. The largest absolute Gasteiger partial charge is 0.396 e. The quantitative estimate of drug-likeness (QED) is 0.679. The molecule has 0 radical (unpaired) electrons. The Morgan fingerprint density at radius 1 is 1.47 bits per heavy atom. The number of nitrogens with two attached hydrogens (primary N) is 1. The van der Waals surface area contributed by atoms with Crippen LogP contribution in [0.5, 0.6) is 0 Å². The molecule has 0 amide bonds. The minimum Gasteiger partial charge on any atom is -0.396 e. The van der Waals surface area contributed by atoms with Gasteiger partial charge in [-0.25, -0.2) is 21.9 Å². The lowest BCUT2D eigenvalue weighted by molar-refractivity contribution is 0.198. The van der Waals surface area contributed by atoms with Crippen molar-refractivity contribution >= 4 is 15.7 Å². The predicted octanol–water partition coefficient (Wildman–Crippen LogP) is 0.206. The molecule has 5 nitrogen and oxygen atoms in total. The SMILES string of the molecule is C[C@H](O)CNS(=O)(=O)c1cc(N)c(F)c(F)c1. The lowest BCUT2D eigenvalue weighted by atomic mass is 10.3. The van der Waals surface area contributed by atoms with Crippen LogP contribution in [-0.4, -0.2) is 26.2 Å². The average Bonchev–Trinajstić information content (AvgIpc) is 2.22. The van der Waals surface area contributed by atoms with E-state index in [-0.39, 0.29) is 6.54 Å². The molecule has 0 heterocycles. The molecule has 8 heteroatoms. The van der Waals surface area contributed by atoms with Crippen LogP contribution in [0.3, 0.4) is 0 Å². The maximum atomic E-state index is 13.0. The van der Waals surface area contributed by atoms with Crippen molar-refractivity contribution in [1.82, 2.24) is 4.72 Å². The summed E-state index contributed by atoms with van der Waals surface area (Å²) in [6.07, 6.45) is -0.896. The van der Waals surface area contributed by atoms with Crippen LogP contribution >= 0.6 is 0 Å². The third-order valence-electron chi connectivity index (χ3n) is 1.91. The van der Waals surface area contributed by atoms with Crippen LogP contribution in [0.25, 0.3) is 0 Å². The highest BCUT2D eigenvalue weighted by molar-refractivity contribution is 7.89. The first-order valence-electron chi connectivity index (χ1n) is 4.66. The highest BCUT2D eigenvalue weighted by Crippen LogP contribution is 2.20. The van der Waals surface area contributed by atoms with Gasteiger partial charge in [0.2, 0.25) is 10.0 Å². The molecule has 0 saturated heterocycles. The van der Waals surface area contributed by atoms with Gasteiger partial charge < -0.3 is 10.8 Å². The molecule has 1 atom stereocenters. The molecule has 0 aliphatic carbocycles. The predicted molar refractivity (Wildman–Crippen MR) is 57.6 cm³/mol. The maximum absolute atomic E-state index is 13.0. The van der Waals surface area contributed by atoms with Gasteiger partial charge in [-0.3, -0.25) is 0 Å². The molecule has 0 unspecified atom stereocenters. The Bertz CT molecular complexity index is 494. The smallest absolute Gasteiger partial charge is 0.240 e. The van der Waals surface area contributed by atoms with E-state index in [1.165, 1.54) is 6.92 Å². The molecular formula is C9H12F2N2O3S. The first kappa shape index (κ1) is 13.8. The Balaban J connectivity index is 3.08. The van der Waals surface area contributed by atoms with Crippen LogP contribution in [0, 0.1) is 11.6 Å². The Morgan fingerprint density at radius 2 is 2.06 bits per heavy atom. The topological polar surface area (TPSA) is 92.4 Å². The molecule has 1 rings (SSSR count). The summed E-state index contributed by atoms with van der Waals surface area (Å²) < 4.78 is 51.0. The molecule has 17 heavy (non-hydrogen) atoms. The minimum absolute atomic E-state index is 0.235. The Morgan fingerprint density at radius 3 is 2.53 bits per heavy atom. The van der Waals surface area contributed by atoms with Gasteiger partial charge in [0.1, 0.15) is 0 Å². The molecule has 96 valence electrons. The summed E-state index contributed by atoms with van der Waals surface area (Å²) in [5.74, 6) is -2.64. The maximum Gasteiger partial charge on any atom is 0.240 e. The minimum atomic E-state index is -4.01. The molecule has 0 aliphatic heterocycles. The summed E-state index contributed by atoms with van der Waals surface area (Å²) in [7, 11) is -4.01. The van der Waals surface area contributed by atoms with Crippen LogP contribution in [0.15, 0.2) is 17.0 Å². The van der Waals surface area contributed by atoms with Crippen molar-refractivity contribution in [3.05, 3.63) is 23.8 Å². The van der Waals surface area contributed by atoms with E-state index < -0.39 is 38.3 Å². The van der Waals surface area contributed by atoms with E-state index in [9.17, 15) is 17.2 Å². The summed E-state index contributed by atoms with van der Waals surface area (Å²) in [6.45, 7) is 1.14. The second-order valence-corrected chi connectivity index (χ2v) is 5.28. The molecular weight excluding hydrogens is 254 g/mol. The molecule has 0 spiro atoms. The fourth-order valence-corrected chi connectivity index (χ4v) is 2.22. The third-order valence-corrected chi connectivity index (χ3v) is 3.31. The summed E-state index contributed by atoms with van der Waals surface area (Å²) in [5.41, 5.74) is 4.52. The van der Waals surface area contributed by atoms with Crippen LogP contribution in [-0.2, 0) is 10.0 Å². The van der Waals surface area contributed by atoms with E-state index in [0.29, 0.717) is 6.07 Å². The molecule has 1 aromatic rings. The highest BCUT2D eigenvalue weighted by atomic mass is 32.2. The number of aliphatic hydroxyl groups is 1. The van der Waals surface area contributed by atoms with Gasteiger partial charge in [0.15, 0.2) is 11.6 Å². The number of aliphatic hydroxyl groups excluding tert-OH is 1. The van der Waals surface area contributed by atoms with Gasteiger partial charge >= 0.3 is 0 Å². The summed E-state index contributed by atoms with van der Waals surface area (Å²) in [5, 5.41) is 8.93. The van der Waals surface area contributed by atoms with Crippen molar-refractivity contribution in [2.45, 2.75) is 17.9 Å². The third kappa shape index (κ3) is 3.35. The van der Waals surface area contributed by atoms with Crippen LogP contribution in [0.1, 0.15) is 6.92 Å². The monoisotopic (exact) mass is 266 g/mol. The zero-order valence-electron chi connectivity index (χ0n) is 8.94. The summed E-state index contributed by atoms with van der Waals surface area (Å²) in [6, 6.07) is 1.33. The first-order valence-corrected chi connectivity index (χ1v) is 6.14. The Hall–Kier alpha value is -1.25. The van der Waals surface area contributed by atoms with Crippen molar-refractivity contribution in [1.29, 1.82) is 0 Å². The zero-order chi connectivity index (χ0) is 13.2. The summed E-state index contributed by atoms with van der Waals surface area (Å²) >= 11 is 0. The van der Waals surface area contributed by atoms with Crippen LogP contribution in [0.4, 0.5) is 14.5 Å². The lowest BCUT2D eigenvalue weighted by Gasteiger charge is -2.09. The average molecular weight is 266 g/mol. The van der Waals surface area contributed by atoms with Crippen molar-refractivity contribution in [3.63, 3.8) is 0 Å². The highest BCUT2D eigenvalue weighted by Gasteiger charge is 2.19. The van der Waals surface area contributed by atoms with Crippen molar-refractivity contribution in [2.75, 3.05) is 12.3 Å². The number of hydrogen-bond donors (Lipinski definition) is 3. The van der Waals surface area contributed by atoms with E-state index in [4.69, 9.17) is 10.8 Å². The van der Waals surface area contributed by atoms with E-state index in [0.717, 1.165) is 6.07 Å². The van der Waals surface area contributed by atoms with Crippen molar-refractivity contribution in [2.24, 2.45) is 0 Å². The van der Waals surface area contributed by atoms with Gasteiger partial charge in [0.25, 0.3) is 0 Å². The zero-order valence-corrected chi connectivity index (χ0v) is 9.76. The fourth-order valence-electron chi connectivity index (χ4n) is 1.05. The van der Waals surface area contributed by atoms with E-state index >= 15 is 0 Å². The van der Waals surface area contributed by atoms with Crippen molar-refractivity contribution in [3.8, 4) is 0 Å². The normalized spacial score (nSPS) is 13.6. The second-order valence-electron chi connectivity index (χ2n) is 3.51. The Labute approximate surface area is 97.3 Å². The van der Waals surface area contributed by atoms with E-state index in [2.05, 4.69) is 0 Å². The van der Waals surface area contributed by atoms with E-state index in [1.807, 2.05) is 4.72 Å². The molecule has 0 bridgehead atoms. The van der Waals surface area contributed by atoms with Crippen LogP contribution < -0.4 is 10.5 Å². The number of hydrogen-bond acceptors (Lipinski definition) is 4. The number of rotatable bonds is 4. The van der Waals surface area contributed by atoms with Gasteiger partial charge in [-0.1, -0.05) is 0 Å².